The highest BCUT2D eigenvalue weighted by molar-refractivity contribution is 5.98. The van der Waals surface area contributed by atoms with Gasteiger partial charge in [0.1, 0.15) is 23.8 Å². The first-order valence-electron chi connectivity index (χ1n) is 9.08. The molecular formula is C22H16FN5O. The Labute approximate surface area is 165 Å². The maximum atomic E-state index is 13.5. The number of benzene rings is 3. The summed E-state index contributed by atoms with van der Waals surface area (Å²) in [5.74, 6) is 1.44. The Morgan fingerprint density at radius 3 is 2.55 bits per heavy atom. The van der Waals surface area contributed by atoms with Crippen molar-refractivity contribution < 1.29 is 9.50 Å². The molecule has 0 amide bonds. The van der Waals surface area contributed by atoms with Gasteiger partial charge in [-0.1, -0.05) is 42.5 Å². The third-order valence-electron chi connectivity index (χ3n) is 4.81. The number of phenols is 1. The van der Waals surface area contributed by atoms with Crippen molar-refractivity contribution in [2.45, 2.75) is 6.67 Å². The summed E-state index contributed by atoms with van der Waals surface area (Å²) in [6, 6.07) is 19.9. The van der Waals surface area contributed by atoms with Gasteiger partial charge in [-0.15, -0.1) is 0 Å². The molecular weight excluding hydrogens is 369 g/mol. The maximum Gasteiger partial charge on any atom is 0.162 e. The number of fused-ring (bicyclic) bond motifs is 2. The molecule has 0 aliphatic heterocycles. The van der Waals surface area contributed by atoms with E-state index in [1.165, 1.54) is 0 Å². The fraction of sp³-hybridized carbons (Fsp3) is 0.0455. The van der Waals surface area contributed by atoms with Crippen molar-refractivity contribution in [1.82, 2.24) is 20.2 Å². The van der Waals surface area contributed by atoms with Crippen LogP contribution >= 0.6 is 0 Å². The predicted molar refractivity (Wildman–Crippen MR) is 111 cm³/mol. The van der Waals surface area contributed by atoms with E-state index in [9.17, 15) is 9.50 Å². The monoisotopic (exact) mass is 385 g/mol. The van der Waals surface area contributed by atoms with Crippen LogP contribution in [0.5, 0.6) is 5.75 Å². The van der Waals surface area contributed by atoms with Crippen LogP contribution < -0.4 is 5.32 Å². The molecule has 3 aromatic carbocycles. The minimum absolute atomic E-state index is 0.0267. The van der Waals surface area contributed by atoms with Crippen LogP contribution in [0.4, 0.5) is 16.0 Å². The summed E-state index contributed by atoms with van der Waals surface area (Å²) < 4.78 is 13.5. The number of aromatic nitrogens is 4. The number of hydrogen-bond acceptors (Lipinski definition) is 5. The fourth-order valence-corrected chi connectivity index (χ4v) is 3.38. The van der Waals surface area contributed by atoms with E-state index in [1.54, 1.807) is 36.4 Å². The standard InChI is InChI=1S/C22H16FN5O/c23-12-13-6-1-2-7-14(13)20-24-19-16(9-5-11-18(19)29)21(25-20)26-22-15-8-3-4-10-17(15)27-28-22/h1-11,29H,12H2,(H2,24,25,26,27,28). The molecule has 0 radical (unpaired) electrons. The van der Waals surface area contributed by atoms with Crippen molar-refractivity contribution in [3.8, 4) is 17.1 Å². The van der Waals surface area contributed by atoms with E-state index in [2.05, 4.69) is 25.5 Å². The molecule has 7 heteroatoms. The smallest absolute Gasteiger partial charge is 0.162 e. The summed E-state index contributed by atoms with van der Waals surface area (Å²) >= 11 is 0. The maximum absolute atomic E-state index is 13.5. The molecule has 0 spiro atoms. The zero-order valence-corrected chi connectivity index (χ0v) is 15.2. The second-order valence-corrected chi connectivity index (χ2v) is 6.60. The zero-order chi connectivity index (χ0) is 19.8. The fourth-order valence-electron chi connectivity index (χ4n) is 3.38. The number of hydrogen-bond donors (Lipinski definition) is 3. The normalized spacial score (nSPS) is 11.2. The average Bonchev–Trinajstić information content (AvgIpc) is 3.17. The quantitative estimate of drug-likeness (QED) is 0.401. The second kappa shape index (κ2) is 6.87. The van der Waals surface area contributed by atoms with Crippen molar-refractivity contribution in [1.29, 1.82) is 0 Å². The number of nitrogens with one attached hydrogen (secondary N) is 2. The predicted octanol–water partition coefficient (Wildman–Crippen LogP) is 5.09. The van der Waals surface area contributed by atoms with Gasteiger partial charge >= 0.3 is 0 Å². The molecule has 0 fully saturated rings. The van der Waals surface area contributed by atoms with E-state index in [0.29, 0.717) is 39.5 Å². The highest BCUT2D eigenvalue weighted by atomic mass is 19.1. The number of para-hydroxylation sites is 2. The number of H-pyrrole nitrogens is 1. The van der Waals surface area contributed by atoms with Crippen LogP contribution in [-0.2, 0) is 6.67 Å². The van der Waals surface area contributed by atoms with Crippen LogP contribution in [0.2, 0.25) is 0 Å². The molecule has 6 nitrogen and oxygen atoms in total. The van der Waals surface area contributed by atoms with Crippen molar-refractivity contribution in [2.75, 3.05) is 5.32 Å². The van der Waals surface area contributed by atoms with E-state index in [0.717, 1.165) is 10.9 Å². The second-order valence-electron chi connectivity index (χ2n) is 6.60. The molecule has 0 unspecified atom stereocenters. The summed E-state index contributed by atoms with van der Waals surface area (Å²) in [6.07, 6.45) is 0. The highest BCUT2D eigenvalue weighted by Crippen LogP contribution is 2.33. The number of aromatic amines is 1. The van der Waals surface area contributed by atoms with Crippen molar-refractivity contribution in [2.24, 2.45) is 0 Å². The molecule has 142 valence electrons. The molecule has 0 aliphatic rings. The molecule has 5 rings (SSSR count). The molecule has 29 heavy (non-hydrogen) atoms. The lowest BCUT2D eigenvalue weighted by Crippen LogP contribution is -2.01. The molecule has 0 aliphatic carbocycles. The number of phenolic OH excluding ortho intramolecular Hbond substituents is 1. The molecule has 0 atom stereocenters. The van der Waals surface area contributed by atoms with E-state index in [4.69, 9.17) is 0 Å². The van der Waals surface area contributed by atoms with Gasteiger partial charge in [0.05, 0.1) is 5.52 Å². The summed E-state index contributed by atoms with van der Waals surface area (Å²) in [4.78, 5) is 9.16. The molecule has 0 saturated carbocycles. The lowest BCUT2D eigenvalue weighted by Gasteiger charge is -2.12. The molecule has 5 aromatic rings. The van der Waals surface area contributed by atoms with Gasteiger partial charge in [-0.3, -0.25) is 5.10 Å². The summed E-state index contributed by atoms with van der Waals surface area (Å²) in [6.45, 7) is -0.634. The Morgan fingerprint density at radius 1 is 0.862 bits per heavy atom. The van der Waals surface area contributed by atoms with Crippen LogP contribution in [0.25, 0.3) is 33.2 Å². The molecule has 3 N–H and O–H groups in total. The number of anilines is 2. The molecule has 2 heterocycles. The van der Waals surface area contributed by atoms with Crippen molar-refractivity contribution in [3.05, 3.63) is 72.3 Å². The van der Waals surface area contributed by atoms with Crippen molar-refractivity contribution >= 4 is 33.4 Å². The van der Waals surface area contributed by atoms with Crippen LogP contribution in [0.3, 0.4) is 0 Å². The van der Waals surface area contributed by atoms with Gasteiger partial charge in [0.25, 0.3) is 0 Å². The summed E-state index contributed by atoms with van der Waals surface area (Å²) in [5.41, 5.74) is 2.33. The van der Waals surface area contributed by atoms with Gasteiger partial charge < -0.3 is 10.4 Å². The van der Waals surface area contributed by atoms with Gasteiger partial charge in [0.2, 0.25) is 0 Å². The first-order chi connectivity index (χ1) is 14.2. The number of nitrogens with zero attached hydrogens (tertiary/aromatic N) is 3. The highest BCUT2D eigenvalue weighted by Gasteiger charge is 2.16. The van der Waals surface area contributed by atoms with Gasteiger partial charge in [0.15, 0.2) is 11.6 Å². The zero-order valence-electron chi connectivity index (χ0n) is 15.2. The number of alkyl halides is 1. The Hall–Kier alpha value is -4.00. The topological polar surface area (TPSA) is 86.7 Å². The first kappa shape index (κ1) is 17.1. The lowest BCUT2D eigenvalue weighted by atomic mass is 10.1. The van der Waals surface area contributed by atoms with Crippen molar-refractivity contribution in [3.63, 3.8) is 0 Å². The molecule has 2 aromatic heterocycles. The van der Waals surface area contributed by atoms with Gasteiger partial charge in [-0.05, 0) is 29.8 Å². The lowest BCUT2D eigenvalue weighted by molar-refractivity contribution is 0.480. The Kier molecular flexibility index (Phi) is 4.05. The average molecular weight is 385 g/mol. The number of rotatable bonds is 4. The van der Waals surface area contributed by atoms with E-state index < -0.39 is 6.67 Å². The summed E-state index contributed by atoms with van der Waals surface area (Å²) in [7, 11) is 0. The minimum atomic E-state index is -0.634. The minimum Gasteiger partial charge on any atom is -0.506 e. The van der Waals surface area contributed by atoms with Crippen LogP contribution in [0.1, 0.15) is 5.56 Å². The van der Waals surface area contributed by atoms with Gasteiger partial charge in [0, 0.05) is 16.3 Å². The Balaban J connectivity index is 1.73. The van der Waals surface area contributed by atoms with E-state index >= 15 is 0 Å². The first-order valence-corrected chi connectivity index (χ1v) is 9.08. The summed E-state index contributed by atoms with van der Waals surface area (Å²) in [5, 5.41) is 22.5. The third-order valence-corrected chi connectivity index (χ3v) is 4.81. The molecule has 0 bridgehead atoms. The van der Waals surface area contributed by atoms with Gasteiger partial charge in [-0.25, -0.2) is 14.4 Å². The number of aromatic hydroxyl groups is 1. The van der Waals surface area contributed by atoms with Crippen LogP contribution in [-0.4, -0.2) is 25.3 Å². The Morgan fingerprint density at radius 2 is 1.66 bits per heavy atom. The van der Waals surface area contributed by atoms with Gasteiger partial charge in [-0.2, -0.15) is 5.10 Å². The van der Waals surface area contributed by atoms with Crippen LogP contribution in [0.15, 0.2) is 66.7 Å². The van der Waals surface area contributed by atoms with E-state index in [-0.39, 0.29) is 5.75 Å². The molecule has 0 saturated heterocycles. The Bertz CT molecular complexity index is 1350. The number of halogens is 1. The van der Waals surface area contributed by atoms with E-state index in [1.807, 2.05) is 30.3 Å². The largest absolute Gasteiger partial charge is 0.506 e. The third kappa shape index (κ3) is 2.93. The SMILES string of the molecule is Oc1cccc2c(Nc3n[nH]c4ccccc34)nc(-c3ccccc3CF)nc12. The van der Waals surface area contributed by atoms with Crippen LogP contribution in [0, 0.1) is 0 Å².